The highest BCUT2D eigenvalue weighted by Gasteiger charge is 2.05. The van der Waals surface area contributed by atoms with Crippen LogP contribution in [0, 0.1) is 0 Å². The maximum atomic E-state index is 11.2. The van der Waals surface area contributed by atoms with Crippen LogP contribution in [0.1, 0.15) is 24.2 Å². The number of thiophene rings is 1. The molecule has 0 aliphatic rings. The SMILES string of the molecule is CC(C)ONC(=O)c1ccsc1. The van der Waals surface area contributed by atoms with Gasteiger partial charge in [-0.15, -0.1) is 0 Å². The van der Waals surface area contributed by atoms with Crippen LogP contribution in [0.5, 0.6) is 0 Å². The summed E-state index contributed by atoms with van der Waals surface area (Å²) in [7, 11) is 0. The summed E-state index contributed by atoms with van der Waals surface area (Å²) < 4.78 is 0. The molecule has 0 aliphatic carbocycles. The summed E-state index contributed by atoms with van der Waals surface area (Å²) in [4.78, 5) is 16.1. The molecule has 66 valence electrons. The van der Waals surface area contributed by atoms with Gasteiger partial charge in [0.1, 0.15) is 0 Å². The molecule has 1 N–H and O–H groups in total. The predicted octanol–water partition coefficient (Wildman–Crippen LogP) is 1.82. The highest BCUT2D eigenvalue weighted by Crippen LogP contribution is 2.05. The molecule has 0 radical (unpaired) electrons. The van der Waals surface area contributed by atoms with E-state index in [1.165, 1.54) is 11.3 Å². The average molecular weight is 185 g/mol. The van der Waals surface area contributed by atoms with Crippen molar-refractivity contribution in [2.24, 2.45) is 0 Å². The Bertz CT molecular complexity index is 244. The van der Waals surface area contributed by atoms with Crippen molar-refractivity contribution in [1.29, 1.82) is 0 Å². The fourth-order valence-corrected chi connectivity index (χ4v) is 1.26. The molecule has 0 spiro atoms. The van der Waals surface area contributed by atoms with Gasteiger partial charge in [0.15, 0.2) is 0 Å². The second-order valence-electron chi connectivity index (χ2n) is 2.61. The summed E-state index contributed by atoms with van der Waals surface area (Å²) in [5.41, 5.74) is 2.99. The fourth-order valence-electron chi connectivity index (χ4n) is 0.624. The van der Waals surface area contributed by atoms with Crippen LogP contribution in [0.15, 0.2) is 16.8 Å². The van der Waals surface area contributed by atoms with E-state index < -0.39 is 0 Å². The minimum atomic E-state index is -0.190. The highest BCUT2D eigenvalue weighted by atomic mass is 32.1. The van der Waals surface area contributed by atoms with Crippen molar-refractivity contribution in [2.45, 2.75) is 20.0 Å². The van der Waals surface area contributed by atoms with Crippen molar-refractivity contribution in [3.63, 3.8) is 0 Å². The van der Waals surface area contributed by atoms with Crippen LogP contribution in [0.4, 0.5) is 0 Å². The van der Waals surface area contributed by atoms with Gasteiger partial charge in [0.2, 0.25) is 0 Å². The van der Waals surface area contributed by atoms with Gasteiger partial charge in [-0.05, 0) is 25.3 Å². The summed E-state index contributed by atoms with van der Waals surface area (Å²) in [6.07, 6.45) is 0.00702. The molecule has 1 amide bonds. The molecule has 0 aromatic carbocycles. The van der Waals surface area contributed by atoms with Crippen molar-refractivity contribution in [3.8, 4) is 0 Å². The van der Waals surface area contributed by atoms with Gasteiger partial charge in [-0.2, -0.15) is 11.3 Å². The average Bonchev–Trinajstić information content (AvgIpc) is 2.51. The first-order chi connectivity index (χ1) is 5.70. The molecule has 0 fully saturated rings. The lowest BCUT2D eigenvalue weighted by atomic mass is 10.3. The lowest BCUT2D eigenvalue weighted by Crippen LogP contribution is -2.26. The Balaban J connectivity index is 2.40. The second kappa shape index (κ2) is 4.23. The number of rotatable bonds is 3. The van der Waals surface area contributed by atoms with Gasteiger partial charge in [0.05, 0.1) is 11.7 Å². The van der Waals surface area contributed by atoms with Crippen molar-refractivity contribution < 1.29 is 9.63 Å². The Morgan fingerprint density at radius 2 is 2.42 bits per heavy atom. The summed E-state index contributed by atoms with van der Waals surface area (Å²) in [5.74, 6) is -0.190. The number of carbonyl (C=O) groups excluding carboxylic acids is 1. The lowest BCUT2D eigenvalue weighted by molar-refractivity contribution is 0.000221. The van der Waals surface area contributed by atoms with Gasteiger partial charge in [-0.25, -0.2) is 5.48 Å². The van der Waals surface area contributed by atoms with Crippen LogP contribution in [-0.4, -0.2) is 12.0 Å². The number of amides is 1. The van der Waals surface area contributed by atoms with Gasteiger partial charge >= 0.3 is 0 Å². The van der Waals surface area contributed by atoms with E-state index in [0.29, 0.717) is 5.56 Å². The standard InChI is InChI=1S/C8H11NO2S/c1-6(2)11-9-8(10)7-3-4-12-5-7/h3-6H,1-2H3,(H,9,10). The molecular formula is C8H11NO2S. The molecule has 1 rings (SSSR count). The largest absolute Gasteiger partial charge is 0.275 e. The first kappa shape index (κ1) is 9.22. The van der Waals surface area contributed by atoms with E-state index >= 15 is 0 Å². The Hall–Kier alpha value is -0.870. The zero-order chi connectivity index (χ0) is 8.97. The lowest BCUT2D eigenvalue weighted by Gasteiger charge is -2.06. The number of hydrogen-bond acceptors (Lipinski definition) is 3. The number of nitrogens with one attached hydrogen (secondary N) is 1. The molecule has 0 bridgehead atoms. The van der Waals surface area contributed by atoms with Crippen LogP contribution in [-0.2, 0) is 4.84 Å². The van der Waals surface area contributed by atoms with Gasteiger partial charge in [0.25, 0.3) is 5.91 Å². The third kappa shape index (κ3) is 2.64. The van der Waals surface area contributed by atoms with Crippen LogP contribution >= 0.6 is 11.3 Å². The fraction of sp³-hybridized carbons (Fsp3) is 0.375. The maximum absolute atomic E-state index is 11.2. The molecule has 3 nitrogen and oxygen atoms in total. The molecule has 1 heterocycles. The number of hydrogen-bond donors (Lipinski definition) is 1. The van der Waals surface area contributed by atoms with Crippen molar-refractivity contribution in [1.82, 2.24) is 5.48 Å². The first-order valence-electron chi connectivity index (χ1n) is 3.68. The van der Waals surface area contributed by atoms with E-state index in [1.807, 2.05) is 19.2 Å². The van der Waals surface area contributed by atoms with E-state index in [0.717, 1.165) is 0 Å². The monoisotopic (exact) mass is 185 g/mol. The minimum absolute atomic E-state index is 0.00702. The predicted molar refractivity (Wildman–Crippen MR) is 48.0 cm³/mol. The van der Waals surface area contributed by atoms with Crippen molar-refractivity contribution in [3.05, 3.63) is 22.4 Å². The molecule has 1 aromatic rings. The van der Waals surface area contributed by atoms with E-state index in [4.69, 9.17) is 4.84 Å². The molecular weight excluding hydrogens is 174 g/mol. The summed E-state index contributed by atoms with van der Waals surface area (Å²) in [6.45, 7) is 3.71. The molecule has 0 atom stereocenters. The van der Waals surface area contributed by atoms with Gasteiger partial charge < -0.3 is 0 Å². The van der Waals surface area contributed by atoms with Crippen LogP contribution in [0.25, 0.3) is 0 Å². The summed E-state index contributed by atoms with van der Waals surface area (Å²) >= 11 is 1.49. The summed E-state index contributed by atoms with van der Waals surface area (Å²) in [5, 5.41) is 3.63. The van der Waals surface area contributed by atoms with E-state index in [-0.39, 0.29) is 12.0 Å². The Kier molecular flexibility index (Phi) is 3.25. The van der Waals surface area contributed by atoms with E-state index in [2.05, 4.69) is 5.48 Å². The van der Waals surface area contributed by atoms with Gasteiger partial charge in [0, 0.05) is 5.38 Å². The molecule has 0 unspecified atom stereocenters. The second-order valence-corrected chi connectivity index (χ2v) is 3.39. The minimum Gasteiger partial charge on any atom is -0.271 e. The molecule has 12 heavy (non-hydrogen) atoms. The summed E-state index contributed by atoms with van der Waals surface area (Å²) in [6, 6.07) is 1.75. The van der Waals surface area contributed by atoms with Crippen molar-refractivity contribution in [2.75, 3.05) is 0 Å². The first-order valence-corrected chi connectivity index (χ1v) is 4.62. The van der Waals surface area contributed by atoms with E-state index in [1.54, 1.807) is 11.4 Å². The topological polar surface area (TPSA) is 38.3 Å². The third-order valence-electron chi connectivity index (χ3n) is 1.17. The molecule has 0 saturated carbocycles. The Morgan fingerprint density at radius 1 is 1.67 bits per heavy atom. The molecule has 4 heteroatoms. The van der Waals surface area contributed by atoms with E-state index in [9.17, 15) is 4.79 Å². The molecule has 1 aromatic heterocycles. The Morgan fingerprint density at radius 3 is 2.92 bits per heavy atom. The maximum Gasteiger partial charge on any atom is 0.275 e. The zero-order valence-electron chi connectivity index (χ0n) is 7.03. The van der Waals surface area contributed by atoms with Crippen LogP contribution in [0.3, 0.4) is 0 Å². The number of carbonyl (C=O) groups is 1. The third-order valence-corrected chi connectivity index (χ3v) is 1.85. The number of hydroxylamine groups is 1. The van der Waals surface area contributed by atoms with Gasteiger partial charge in [-0.3, -0.25) is 9.63 Å². The normalized spacial score (nSPS) is 10.2. The molecule has 0 aliphatic heterocycles. The molecule has 0 saturated heterocycles. The smallest absolute Gasteiger partial charge is 0.271 e. The Labute approximate surface area is 75.3 Å². The van der Waals surface area contributed by atoms with Crippen LogP contribution in [0.2, 0.25) is 0 Å². The van der Waals surface area contributed by atoms with Crippen LogP contribution < -0.4 is 5.48 Å². The van der Waals surface area contributed by atoms with Crippen molar-refractivity contribution >= 4 is 17.2 Å². The van der Waals surface area contributed by atoms with Gasteiger partial charge in [-0.1, -0.05) is 0 Å². The quantitative estimate of drug-likeness (QED) is 0.729. The highest BCUT2D eigenvalue weighted by molar-refractivity contribution is 7.08. The zero-order valence-corrected chi connectivity index (χ0v) is 7.85.